The average molecular weight is 345 g/mol. The van der Waals surface area contributed by atoms with Crippen molar-refractivity contribution in [3.63, 3.8) is 0 Å². The van der Waals surface area contributed by atoms with Crippen molar-refractivity contribution < 1.29 is 13.2 Å². The van der Waals surface area contributed by atoms with Gasteiger partial charge < -0.3 is 4.90 Å². The lowest BCUT2D eigenvalue weighted by Gasteiger charge is -2.36. The number of amides is 1. The van der Waals surface area contributed by atoms with E-state index in [0.29, 0.717) is 30.4 Å². The summed E-state index contributed by atoms with van der Waals surface area (Å²) in [7, 11) is -3.42. The van der Waals surface area contributed by atoms with E-state index in [0.717, 1.165) is 11.3 Å². The Morgan fingerprint density at radius 2 is 1.77 bits per heavy atom. The van der Waals surface area contributed by atoms with Crippen molar-refractivity contribution in [2.24, 2.45) is 5.41 Å². The second-order valence-electron chi connectivity index (χ2n) is 6.52. The van der Waals surface area contributed by atoms with Gasteiger partial charge in [-0.3, -0.25) is 4.79 Å². The first-order valence-corrected chi connectivity index (χ1v) is 9.80. The number of carbonyl (C=O) groups excluding carboxylic acids is 1. The molecular weight excluding hydrogens is 320 g/mol. The van der Waals surface area contributed by atoms with Gasteiger partial charge in [0.25, 0.3) is 10.0 Å². The van der Waals surface area contributed by atoms with Crippen molar-refractivity contribution in [2.75, 3.05) is 26.2 Å². The highest BCUT2D eigenvalue weighted by molar-refractivity contribution is 7.91. The Hall–Kier alpha value is -0.920. The van der Waals surface area contributed by atoms with Crippen molar-refractivity contribution in [1.29, 1.82) is 0 Å². The van der Waals surface area contributed by atoms with E-state index in [2.05, 4.69) is 0 Å². The summed E-state index contributed by atoms with van der Waals surface area (Å²) in [5.41, 5.74) is -0.426. The summed E-state index contributed by atoms with van der Waals surface area (Å²) >= 11 is 1.33. The molecule has 0 atom stereocenters. The molecule has 0 aromatic carbocycles. The fourth-order valence-electron chi connectivity index (χ4n) is 2.42. The average Bonchev–Trinajstić information content (AvgIpc) is 2.95. The number of aryl methyl sites for hydroxylation is 1. The molecule has 1 aromatic heterocycles. The maximum atomic E-state index is 12.6. The van der Waals surface area contributed by atoms with E-state index < -0.39 is 15.4 Å². The van der Waals surface area contributed by atoms with Crippen LogP contribution in [0.5, 0.6) is 0 Å². The molecule has 2 rings (SSSR count). The highest BCUT2D eigenvalue weighted by Crippen LogP contribution is 2.26. The lowest BCUT2D eigenvalue weighted by atomic mass is 9.94. The number of sulfonamides is 1. The minimum absolute atomic E-state index is 0.0777. The lowest BCUT2D eigenvalue weighted by molar-refractivity contribution is -0.140. The summed E-state index contributed by atoms with van der Waals surface area (Å²) in [4.78, 5) is 15.1. The summed E-state index contributed by atoms with van der Waals surface area (Å²) in [5.74, 6) is 0.0777. The molecule has 1 amide bonds. The van der Waals surface area contributed by atoms with Crippen molar-refractivity contribution in [3.8, 4) is 0 Å². The van der Waals surface area contributed by atoms with Gasteiger partial charge in [0, 0.05) is 36.5 Å². The lowest BCUT2D eigenvalue weighted by Crippen LogP contribution is -2.52. The summed E-state index contributed by atoms with van der Waals surface area (Å²) in [6.07, 6.45) is 0.841. The summed E-state index contributed by atoms with van der Waals surface area (Å²) in [6.45, 7) is 9.32. The van der Waals surface area contributed by atoms with Crippen LogP contribution in [0.2, 0.25) is 0 Å². The van der Waals surface area contributed by atoms with Gasteiger partial charge in [-0.1, -0.05) is 27.7 Å². The standard InChI is InChI=1S/C15H24N2O3S2/c1-5-12-6-7-13(21-12)22(19,20)17-10-8-16(9-11-17)14(18)15(2,3)4/h6-7H,5,8-11H2,1-4H3. The van der Waals surface area contributed by atoms with Crippen LogP contribution >= 0.6 is 11.3 Å². The van der Waals surface area contributed by atoms with E-state index in [-0.39, 0.29) is 5.91 Å². The Morgan fingerprint density at radius 1 is 1.18 bits per heavy atom. The molecule has 0 spiro atoms. The van der Waals surface area contributed by atoms with Gasteiger partial charge in [0.05, 0.1) is 0 Å². The van der Waals surface area contributed by atoms with Crippen LogP contribution in [-0.4, -0.2) is 49.7 Å². The number of rotatable bonds is 3. The zero-order valence-electron chi connectivity index (χ0n) is 13.6. The molecule has 0 aliphatic carbocycles. The molecule has 1 saturated heterocycles. The fraction of sp³-hybridized carbons (Fsp3) is 0.667. The second-order valence-corrected chi connectivity index (χ2v) is 9.85. The minimum atomic E-state index is -3.42. The zero-order chi connectivity index (χ0) is 16.5. The van der Waals surface area contributed by atoms with Gasteiger partial charge >= 0.3 is 0 Å². The number of hydrogen-bond donors (Lipinski definition) is 0. The molecule has 0 saturated carbocycles. The highest BCUT2D eigenvalue weighted by atomic mass is 32.2. The van der Waals surface area contributed by atoms with Crippen molar-refractivity contribution in [3.05, 3.63) is 17.0 Å². The van der Waals surface area contributed by atoms with Crippen LogP contribution in [0.4, 0.5) is 0 Å². The van der Waals surface area contributed by atoms with Gasteiger partial charge in [-0.25, -0.2) is 8.42 Å². The maximum Gasteiger partial charge on any atom is 0.252 e. The third kappa shape index (κ3) is 3.52. The van der Waals surface area contributed by atoms with E-state index in [9.17, 15) is 13.2 Å². The zero-order valence-corrected chi connectivity index (χ0v) is 15.3. The van der Waals surface area contributed by atoms with Crippen LogP contribution in [0.3, 0.4) is 0 Å². The molecule has 22 heavy (non-hydrogen) atoms. The van der Waals surface area contributed by atoms with Crippen LogP contribution in [0, 0.1) is 5.41 Å². The molecular formula is C15H24N2O3S2. The number of carbonyl (C=O) groups is 1. The van der Waals surface area contributed by atoms with Crippen LogP contribution in [0.25, 0.3) is 0 Å². The SMILES string of the molecule is CCc1ccc(S(=O)(=O)N2CCN(C(=O)C(C)(C)C)CC2)s1. The molecule has 1 fully saturated rings. The predicted molar refractivity (Wildman–Crippen MR) is 88.5 cm³/mol. The summed E-state index contributed by atoms with van der Waals surface area (Å²) in [5, 5.41) is 0. The van der Waals surface area contributed by atoms with E-state index >= 15 is 0 Å². The van der Waals surface area contributed by atoms with Gasteiger partial charge in [0.15, 0.2) is 0 Å². The molecule has 1 aliphatic heterocycles. The third-order valence-electron chi connectivity index (χ3n) is 3.75. The number of thiophene rings is 1. The molecule has 7 heteroatoms. The molecule has 5 nitrogen and oxygen atoms in total. The van der Waals surface area contributed by atoms with Crippen molar-refractivity contribution >= 4 is 27.3 Å². The van der Waals surface area contributed by atoms with Crippen LogP contribution in [0.15, 0.2) is 16.3 Å². The molecule has 0 radical (unpaired) electrons. The van der Waals surface area contributed by atoms with Gasteiger partial charge in [-0.15, -0.1) is 11.3 Å². The first-order valence-electron chi connectivity index (χ1n) is 7.54. The van der Waals surface area contributed by atoms with Crippen LogP contribution in [0.1, 0.15) is 32.6 Å². The number of hydrogen-bond acceptors (Lipinski definition) is 4. The van der Waals surface area contributed by atoms with Crippen LogP contribution in [-0.2, 0) is 21.2 Å². The Balaban J connectivity index is 2.06. The first-order chi connectivity index (χ1) is 10.2. The Bertz CT molecular complexity index is 636. The van der Waals surface area contributed by atoms with E-state index in [1.807, 2.05) is 33.8 Å². The largest absolute Gasteiger partial charge is 0.340 e. The minimum Gasteiger partial charge on any atom is -0.340 e. The first kappa shape index (κ1) is 17.4. The molecule has 124 valence electrons. The number of piperazine rings is 1. The smallest absolute Gasteiger partial charge is 0.252 e. The topological polar surface area (TPSA) is 57.7 Å². The normalized spacial score (nSPS) is 17.7. The Morgan fingerprint density at radius 3 is 2.23 bits per heavy atom. The molecule has 1 aromatic rings. The van der Waals surface area contributed by atoms with Gasteiger partial charge in [0.2, 0.25) is 5.91 Å². The quantitative estimate of drug-likeness (QED) is 0.844. The van der Waals surface area contributed by atoms with Crippen molar-refractivity contribution in [1.82, 2.24) is 9.21 Å². The molecule has 1 aliphatic rings. The maximum absolute atomic E-state index is 12.6. The Labute approximate surface area is 137 Å². The summed E-state index contributed by atoms with van der Waals surface area (Å²) < 4.78 is 27.1. The van der Waals surface area contributed by atoms with Crippen molar-refractivity contribution in [2.45, 2.75) is 38.3 Å². The molecule has 0 unspecified atom stereocenters. The van der Waals surface area contributed by atoms with Crippen LogP contribution < -0.4 is 0 Å². The molecule has 2 heterocycles. The second kappa shape index (κ2) is 6.29. The monoisotopic (exact) mass is 344 g/mol. The number of nitrogens with zero attached hydrogens (tertiary/aromatic N) is 2. The molecule has 0 bridgehead atoms. The van der Waals surface area contributed by atoms with E-state index in [1.54, 1.807) is 11.0 Å². The Kier molecular flexibility index (Phi) is 4.99. The van der Waals surface area contributed by atoms with E-state index in [1.165, 1.54) is 15.6 Å². The fourth-order valence-corrected chi connectivity index (χ4v) is 5.29. The van der Waals surface area contributed by atoms with Gasteiger partial charge in [-0.2, -0.15) is 4.31 Å². The van der Waals surface area contributed by atoms with Gasteiger partial charge in [-0.05, 0) is 18.6 Å². The molecule has 0 N–H and O–H groups in total. The summed E-state index contributed by atoms with van der Waals surface area (Å²) in [6, 6.07) is 3.56. The van der Waals surface area contributed by atoms with Gasteiger partial charge in [0.1, 0.15) is 4.21 Å². The van der Waals surface area contributed by atoms with E-state index in [4.69, 9.17) is 0 Å². The predicted octanol–water partition coefficient (Wildman–Crippen LogP) is 2.19. The third-order valence-corrected chi connectivity index (χ3v) is 7.34. The highest BCUT2D eigenvalue weighted by Gasteiger charge is 2.34.